The molecule has 0 spiro atoms. The van der Waals surface area contributed by atoms with Gasteiger partial charge in [0.25, 0.3) is 0 Å². The first-order valence-corrected chi connectivity index (χ1v) is 21.4. The number of fused-ring (bicyclic) bond motifs is 8. The van der Waals surface area contributed by atoms with E-state index < -0.39 is 0 Å². The van der Waals surface area contributed by atoms with Crippen molar-refractivity contribution < 1.29 is 0 Å². The van der Waals surface area contributed by atoms with Crippen LogP contribution in [0.1, 0.15) is 158 Å². The van der Waals surface area contributed by atoms with E-state index in [2.05, 4.69) is 173 Å². The Hall–Kier alpha value is -4.70. The molecule has 58 heavy (non-hydrogen) atoms. The van der Waals surface area contributed by atoms with Gasteiger partial charge in [0.15, 0.2) is 0 Å². The third-order valence-corrected chi connectivity index (χ3v) is 12.8. The van der Waals surface area contributed by atoms with Crippen LogP contribution in [0.5, 0.6) is 0 Å². The molecule has 9 rings (SSSR count). The first-order valence-electron chi connectivity index (χ1n) is 21.4. The molecule has 0 radical (unpaired) electrons. The number of nitrogens with zero attached hydrogens (tertiary/aromatic N) is 4. The van der Waals surface area contributed by atoms with Crippen LogP contribution in [0.25, 0.3) is 88.6 Å². The fraction of sp³-hybridized carbons (Fsp3) is 0.444. The van der Waals surface area contributed by atoms with E-state index >= 15 is 0 Å². The number of rotatable bonds is 0. The van der Waals surface area contributed by atoms with E-state index in [4.69, 9.17) is 19.9 Å². The third kappa shape index (κ3) is 5.38. The molecule has 2 aliphatic rings. The number of hydrogen-bond donors (Lipinski definition) is 0. The Morgan fingerprint density at radius 3 is 0.638 bits per heavy atom. The second-order valence-electron chi connectivity index (χ2n) is 23.6. The molecule has 4 nitrogen and oxygen atoms in total. The summed E-state index contributed by atoms with van der Waals surface area (Å²) in [6.07, 6.45) is 0. The van der Waals surface area contributed by atoms with Crippen molar-refractivity contribution in [2.75, 3.05) is 0 Å². The predicted molar refractivity (Wildman–Crippen MR) is 249 cm³/mol. The standard InChI is InChI=1S/C54H62N4/c1-49(2,3)31-23-19-27-35-28(20-24-32(37(31)35)50(4,5)6)42-41(27)55-45-39(53(13,14)15)47-48(40(46(45)56-42)54(16,17)18)58-44-30-22-26-34(52(10,11)12)38-33(51(7,8)9)25-21-29(36(30)38)43(44)57-47/h19-26H,1-18H3. The SMILES string of the molecule is CC(C)(C)c1c2nc3c(nc2c(C(C)(C)C)c2nc4c(nc12)-c1ccc(C(C)(C)C)c2c(C(C)(C)C)ccc-4c12)-c1ccc(C(C)(C)C)c2c(C(C)(C)C)ccc-3c12. The van der Waals surface area contributed by atoms with E-state index in [1.165, 1.54) is 66.1 Å². The van der Waals surface area contributed by atoms with Crippen LogP contribution in [0.3, 0.4) is 0 Å². The number of hydrogen-bond acceptors (Lipinski definition) is 4. The van der Waals surface area contributed by atoms with Gasteiger partial charge in [0.2, 0.25) is 0 Å². The Bertz CT molecular complexity index is 2590. The summed E-state index contributed by atoms with van der Waals surface area (Å²) in [6, 6.07) is 18.7. The molecule has 0 amide bonds. The second-order valence-corrected chi connectivity index (χ2v) is 23.6. The zero-order valence-electron chi connectivity index (χ0n) is 38.4. The monoisotopic (exact) mass is 766 g/mol. The summed E-state index contributed by atoms with van der Waals surface area (Å²) in [4.78, 5) is 23.2. The van der Waals surface area contributed by atoms with Gasteiger partial charge >= 0.3 is 0 Å². The quantitative estimate of drug-likeness (QED) is 0.144. The second kappa shape index (κ2) is 11.5. The Balaban J connectivity index is 1.44. The summed E-state index contributed by atoms with van der Waals surface area (Å²) in [7, 11) is 0. The van der Waals surface area contributed by atoms with Gasteiger partial charge in [0.05, 0.1) is 44.8 Å². The van der Waals surface area contributed by atoms with Crippen LogP contribution < -0.4 is 0 Å². The van der Waals surface area contributed by atoms with Gasteiger partial charge in [-0.05, 0) is 65.5 Å². The topological polar surface area (TPSA) is 51.6 Å². The minimum absolute atomic E-state index is 0.0304. The summed E-state index contributed by atoms with van der Waals surface area (Å²) < 4.78 is 0. The molecule has 0 bridgehead atoms. The van der Waals surface area contributed by atoms with E-state index in [1.807, 2.05) is 0 Å². The molecule has 0 saturated heterocycles. The molecule has 2 aromatic heterocycles. The van der Waals surface area contributed by atoms with E-state index in [9.17, 15) is 0 Å². The highest BCUT2D eigenvalue weighted by molar-refractivity contribution is 6.19. The molecular formula is C54H62N4. The molecular weight excluding hydrogens is 705 g/mol. The van der Waals surface area contributed by atoms with Crippen molar-refractivity contribution in [1.29, 1.82) is 0 Å². The molecule has 7 aromatic rings. The average molecular weight is 767 g/mol. The highest BCUT2D eigenvalue weighted by Gasteiger charge is 2.38. The molecule has 0 fully saturated rings. The smallest absolute Gasteiger partial charge is 0.0979 e. The molecule has 0 atom stereocenters. The lowest BCUT2D eigenvalue weighted by Crippen LogP contribution is -2.20. The number of benzene rings is 5. The maximum atomic E-state index is 5.79. The lowest BCUT2D eigenvalue weighted by molar-refractivity contribution is 0.580. The summed E-state index contributed by atoms with van der Waals surface area (Å²) in [5, 5.41) is 5.28. The van der Waals surface area contributed by atoms with Gasteiger partial charge in [-0.25, -0.2) is 19.9 Å². The van der Waals surface area contributed by atoms with Gasteiger partial charge < -0.3 is 0 Å². The molecule has 0 N–H and O–H groups in total. The van der Waals surface area contributed by atoms with Gasteiger partial charge in [-0.3, -0.25) is 0 Å². The fourth-order valence-electron chi connectivity index (χ4n) is 10.2. The molecule has 0 aliphatic heterocycles. The Labute approximate surface area is 346 Å². The van der Waals surface area contributed by atoms with Crippen molar-refractivity contribution in [1.82, 2.24) is 19.9 Å². The Morgan fingerprint density at radius 2 is 0.466 bits per heavy atom. The Kier molecular flexibility index (Phi) is 7.71. The minimum Gasteiger partial charge on any atom is -0.243 e. The van der Waals surface area contributed by atoms with E-state index in [1.54, 1.807) is 0 Å². The molecule has 4 heteroatoms. The maximum Gasteiger partial charge on any atom is 0.0979 e. The fourth-order valence-corrected chi connectivity index (χ4v) is 10.2. The van der Waals surface area contributed by atoms with Crippen molar-refractivity contribution in [3.05, 3.63) is 81.9 Å². The van der Waals surface area contributed by atoms with Crippen LogP contribution in [0.4, 0.5) is 0 Å². The van der Waals surface area contributed by atoms with Crippen LogP contribution in [0, 0.1) is 0 Å². The first kappa shape index (κ1) is 38.8. The van der Waals surface area contributed by atoms with Crippen LogP contribution >= 0.6 is 0 Å². The average Bonchev–Trinajstić information content (AvgIpc) is 3.55. The normalized spacial score (nSPS) is 14.4. The molecule has 5 aromatic carbocycles. The van der Waals surface area contributed by atoms with Crippen molar-refractivity contribution in [2.45, 2.75) is 157 Å². The largest absolute Gasteiger partial charge is 0.243 e. The molecule has 2 aliphatic carbocycles. The van der Waals surface area contributed by atoms with E-state index in [0.29, 0.717) is 0 Å². The van der Waals surface area contributed by atoms with Crippen molar-refractivity contribution in [3.8, 4) is 45.0 Å². The van der Waals surface area contributed by atoms with Crippen molar-refractivity contribution >= 4 is 43.6 Å². The van der Waals surface area contributed by atoms with E-state index in [-0.39, 0.29) is 32.5 Å². The summed E-state index contributed by atoms with van der Waals surface area (Å²) in [6.45, 7) is 41.7. The third-order valence-electron chi connectivity index (χ3n) is 12.8. The number of aromatic nitrogens is 4. The summed E-state index contributed by atoms with van der Waals surface area (Å²) >= 11 is 0. The van der Waals surface area contributed by atoms with Crippen LogP contribution in [0.15, 0.2) is 48.5 Å². The van der Waals surface area contributed by atoms with Gasteiger partial charge in [0.1, 0.15) is 0 Å². The van der Waals surface area contributed by atoms with Crippen LogP contribution in [-0.4, -0.2) is 19.9 Å². The van der Waals surface area contributed by atoms with Crippen LogP contribution in [-0.2, 0) is 32.5 Å². The van der Waals surface area contributed by atoms with Gasteiger partial charge in [-0.15, -0.1) is 0 Å². The predicted octanol–water partition coefficient (Wildman–Crippen LogP) is 15.0. The van der Waals surface area contributed by atoms with Gasteiger partial charge in [-0.2, -0.15) is 0 Å². The Morgan fingerprint density at radius 1 is 0.259 bits per heavy atom. The lowest BCUT2D eigenvalue weighted by Gasteiger charge is -2.28. The van der Waals surface area contributed by atoms with Crippen molar-refractivity contribution in [2.24, 2.45) is 0 Å². The van der Waals surface area contributed by atoms with Gasteiger partial charge in [0, 0.05) is 44.2 Å². The van der Waals surface area contributed by atoms with E-state index in [0.717, 1.165) is 56.0 Å². The molecule has 0 unspecified atom stereocenters. The van der Waals surface area contributed by atoms with Gasteiger partial charge in [-0.1, -0.05) is 173 Å². The lowest BCUT2D eigenvalue weighted by atomic mass is 9.76. The highest BCUT2D eigenvalue weighted by atomic mass is 14.9. The van der Waals surface area contributed by atoms with Crippen LogP contribution in [0.2, 0.25) is 0 Å². The zero-order valence-corrected chi connectivity index (χ0v) is 38.4. The molecule has 2 heterocycles. The van der Waals surface area contributed by atoms with Crippen molar-refractivity contribution in [3.63, 3.8) is 0 Å². The maximum absolute atomic E-state index is 5.79. The molecule has 0 saturated carbocycles. The highest BCUT2D eigenvalue weighted by Crippen LogP contribution is 2.55. The first-order chi connectivity index (χ1) is 26.6. The molecule has 298 valence electrons. The zero-order chi connectivity index (χ0) is 42.2. The summed E-state index contributed by atoms with van der Waals surface area (Å²) in [5.74, 6) is 0. The minimum atomic E-state index is -0.300. The summed E-state index contributed by atoms with van der Waals surface area (Å²) in [5.41, 5.74) is 19.3.